The van der Waals surface area contributed by atoms with Crippen molar-refractivity contribution in [3.8, 4) is 5.88 Å². The van der Waals surface area contributed by atoms with Gasteiger partial charge in [0.2, 0.25) is 0 Å². The average molecular weight is 194 g/mol. The molecule has 0 saturated heterocycles. The fourth-order valence-electron chi connectivity index (χ4n) is 0.812. The molecule has 0 spiro atoms. The van der Waals surface area contributed by atoms with Crippen molar-refractivity contribution in [1.82, 2.24) is 4.98 Å². The first-order chi connectivity index (χ1) is 6.56. The normalized spacial score (nSPS) is 9.14. The van der Waals surface area contributed by atoms with Crippen molar-refractivity contribution >= 4 is 11.4 Å². The molecule has 0 unspecified atom stereocenters. The van der Waals surface area contributed by atoms with Crippen LogP contribution in [0.15, 0.2) is 24.6 Å². The van der Waals surface area contributed by atoms with Crippen LogP contribution in [0, 0.1) is 10.1 Å². The Labute approximate surface area is 78.6 Å². The number of hydrogen-bond acceptors (Lipinski definition) is 5. The second-order valence-corrected chi connectivity index (χ2v) is 2.35. The van der Waals surface area contributed by atoms with E-state index in [1.165, 1.54) is 0 Å². The first-order valence-electron chi connectivity index (χ1n) is 3.49. The lowest BCUT2D eigenvalue weighted by molar-refractivity contribution is -0.386. The number of aromatic nitrogens is 1. The lowest BCUT2D eigenvalue weighted by Gasteiger charge is -1.98. The number of rotatable bonds is 2. The summed E-state index contributed by atoms with van der Waals surface area (Å²) < 4.78 is 0. The van der Waals surface area contributed by atoms with Gasteiger partial charge in [-0.15, -0.1) is 0 Å². The standard InChI is InChI=1S/C8H6N2O4/c1-2-7(11)5-3-6(10(13)14)8(12)9-4-5/h3-4,11H,1H2,(H,9,12). The number of aromatic hydroxyl groups is 1. The molecular formula is C8H6N2O4. The van der Waals surface area contributed by atoms with Gasteiger partial charge in [-0.2, -0.15) is 0 Å². The quantitative estimate of drug-likeness (QED) is 0.321. The fourth-order valence-corrected chi connectivity index (χ4v) is 0.812. The highest BCUT2D eigenvalue weighted by Crippen LogP contribution is 2.25. The smallest absolute Gasteiger partial charge is 0.331 e. The van der Waals surface area contributed by atoms with Gasteiger partial charge in [0.15, 0.2) is 5.76 Å². The van der Waals surface area contributed by atoms with Gasteiger partial charge in [-0.3, -0.25) is 10.1 Å². The van der Waals surface area contributed by atoms with E-state index in [1.807, 2.05) is 0 Å². The molecule has 6 nitrogen and oxygen atoms in total. The molecule has 0 aliphatic carbocycles. The van der Waals surface area contributed by atoms with E-state index < -0.39 is 16.5 Å². The minimum Gasteiger partial charge on any atom is -0.501 e. The van der Waals surface area contributed by atoms with Crippen molar-refractivity contribution in [2.24, 2.45) is 0 Å². The maximum atomic E-state index is 10.4. The minimum absolute atomic E-state index is 0.0736. The molecule has 0 fully saturated rings. The highest BCUT2D eigenvalue weighted by atomic mass is 16.6. The lowest BCUT2D eigenvalue weighted by Crippen LogP contribution is -1.93. The summed E-state index contributed by atoms with van der Waals surface area (Å²) in [5, 5.41) is 28.5. The van der Waals surface area contributed by atoms with E-state index in [9.17, 15) is 10.1 Å². The number of pyridine rings is 1. The van der Waals surface area contributed by atoms with Crippen LogP contribution >= 0.6 is 0 Å². The molecular weight excluding hydrogens is 188 g/mol. The number of aliphatic hydroxyl groups is 1. The van der Waals surface area contributed by atoms with Gasteiger partial charge >= 0.3 is 5.69 Å². The predicted molar refractivity (Wildman–Crippen MR) is 47.7 cm³/mol. The van der Waals surface area contributed by atoms with Gasteiger partial charge in [-0.05, 0) is 0 Å². The van der Waals surface area contributed by atoms with Crippen LogP contribution in [0.2, 0.25) is 0 Å². The Morgan fingerprint density at radius 3 is 2.86 bits per heavy atom. The summed E-state index contributed by atoms with van der Waals surface area (Å²) in [6, 6.07) is 0.982. The predicted octanol–water partition coefficient (Wildman–Crippen LogP) is 1.38. The molecule has 1 rings (SSSR count). The Bertz CT molecular complexity index is 435. The van der Waals surface area contributed by atoms with Gasteiger partial charge in [0.05, 0.1) is 10.5 Å². The monoisotopic (exact) mass is 194 g/mol. The Kier molecular flexibility index (Phi) is 2.50. The number of nitro groups is 1. The summed E-state index contributed by atoms with van der Waals surface area (Å²) in [5.74, 6) is -1.06. The van der Waals surface area contributed by atoms with Crippen molar-refractivity contribution in [3.63, 3.8) is 0 Å². The molecule has 0 aromatic carbocycles. The topological polar surface area (TPSA) is 96.5 Å². The molecule has 0 bridgehead atoms. The second-order valence-electron chi connectivity index (χ2n) is 2.35. The maximum Gasteiger partial charge on any atom is 0.331 e. The molecule has 0 amide bonds. The zero-order valence-electron chi connectivity index (χ0n) is 6.97. The third-order valence-corrected chi connectivity index (χ3v) is 1.48. The van der Waals surface area contributed by atoms with Crippen molar-refractivity contribution in [1.29, 1.82) is 0 Å². The van der Waals surface area contributed by atoms with Gasteiger partial charge in [0.25, 0.3) is 5.88 Å². The Hall–Kier alpha value is -2.33. The third-order valence-electron chi connectivity index (χ3n) is 1.48. The Morgan fingerprint density at radius 1 is 1.71 bits per heavy atom. The molecule has 2 N–H and O–H groups in total. The molecule has 0 saturated carbocycles. The summed E-state index contributed by atoms with van der Waals surface area (Å²) in [6.07, 6.45) is 1.08. The molecule has 0 aliphatic rings. The maximum absolute atomic E-state index is 10.4. The Balaban J connectivity index is 3.33. The van der Waals surface area contributed by atoms with Gasteiger partial charge in [-0.25, -0.2) is 4.98 Å². The van der Waals surface area contributed by atoms with Gasteiger partial charge in [0.1, 0.15) is 0 Å². The van der Waals surface area contributed by atoms with Crippen molar-refractivity contribution in [2.75, 3.05) is 0 Å². The van der Waals surface area contributed by atoms with Crippen molar-refractivity contribution in [3.05, 3.63) is 40.3 Å². The van der Waals surface area contributed by atoms with Gasteiger partial charge < -0.3 is 10.2 Å². The van der Waals surface area contributed by atoms with E-state index in [4.69, 9.17) is 10.2 Å². The summed E-state index contributed by atoms with van der Waals surface area (Å²) in [5.41, 5.74) is 1.64. The molecule has 0 radical (unpaired) electrons. The fraction of sp³-hybridized carbons (Fsp3) is 0. The Morgan fingerprint density at radius 2 is 2.36 bits per heavy atom. The zero-order valence-corrected chi connectivity index (χ0v) is 6.97. The summed E-state index contributed by atoms with van der Waals surface area (Å²) >= 11 is 0. The SMILES string of the molecule is C=C=C(O)c1cnc(O)c([N+](=O)[O-])c1. The number of nitrogens with zero attached hydrogens (tertiary/aromatic N) is 2. The highest BCUT2D eigenvalue weighted by Gasteiger charge is 2.16. The summed E-state index contributed by atoms with van der Waals surface area (Å²) in [6.45, 7) is 3.16. The largest absolute Gasteiger partial charge is 0.501 e. The van der Waals surface area contributed by atoms with Crippen LogP contribution < -0.4 is 0 Å². The first-order valence-corrected chi connectivity index (χ1v) is 3.49. The molecule has 1 aromatic rings. The summed E-state index contributed by atoms with van der Waals surface area (Å²) in [7, 11) is 0. The molecule has 1 heterocycles. The van der Waals surface area contributed by atoms with E-state index in [0.717, 1.165) is 12.3 Å². The van der Waals surface area contributed by atoms with E-state index >= 15 is 0 Å². The van der Waals surface area contributed by atoms with E-state index in [-0.39, 0.29) is 11.3 Å². The van der Waals surface area contributed by atoms with E-state index in [1.54, 1.807) is 0 Å². The molecule has 72 valence electrons. The molecule has 1 aromatic heterocycles. The van der Waals surface area contributed by atoms with Crippen LogP contribution in [0.3, 0.4) is 0 Å². The van der Waals surface area contributed by atoms with Crippen LogP contribution in [0.1, 0.15) is 5.56 Å². The van der Waals surface area contributed by atoms with Gasteiger partial charge in [-0.1, -0.05) is 12.3 Å². The van der Waals surface area contributed by atoms with Crippen LogP contribution in [0.25, 0.3) is 5.76 Å². The van der Waals surface area contributed by atoms with Crippen molar-refractivity contribution in [2.45, 2.75) is 0 Å². The molecule has 14 heavy (non-hydrogen) atoms. The van der Waals surface area contributed by atoms with Crippen LogP contribution in [0.4, 0.5) is 5.69 Å². The lowest BCUT2D eigenvalue weighted by atomic mass is 10.2. The molecule has 0 atom stereocenters. The molecule has 6 heteroatoms. The minimum atomic E-state index is -0.803. The number of hydrogen-bond donors (Lipinski definition) is 2. The van der Waals surface area contributed by atoms with E-state index in [0.29, 0.717) is 0 Å². The van der Waals surface area contributed by atoms with Crippen LogP contribution in [-0.2, 0) is 0 Å². The first kappa shape index (κ1) is 9.76. The zero-order chi connectivity index (χ0) is 10.7. The molecule has 0 aliphatic heterocycles. The van der Waals surface area contributed by atoms with Gasteiger partial charge in [0, 0.05) is 12.3 Å². The van der Waals surface area contributed by atoms with Crippen molar-refractivity contribution < 1.29 is 15.1 Å². The highest BCUT2D eigenvalue weighted by molar-refractivity contribution is 5.60. The van der Waals surface area contributed by atoms with Crippen LogP contribution in [0.5, 0.6) is 5.88 Å². The average Bonchev–Trinajstić information content (AvgIpc) is 2.17. The third kappa shape index (κ3) is 1.70. The number of aliphatic hydroxyl groups excluding tert-OH is 1. The van der Waals surface area contributed by atoms with E-state index in [2.05, 4.69) is 17.3 Å². The second kappa shape index (κ2) is 3.59. The van der Waals surface area contributed by atoms with Crippen LogP contribution in [-0.4, -0.2) is 20.1 Å². The summed E-state index contributed by atoms with van der Waals surface area (Å²) in [4.78, 5) is 12.9.